The molecule has 0 bridgehead atoms. The van der Waals surface area contributed by atoms with Crippen molar-refractivity contribution in [1.82, 2.24) is 0 Å². The van der Waals surface area contributed by atoms with Gasteiger partial charge in [-0.15, -0.1) is 0 Å². The van der Waals surface area contributed by atoms with Crippen molar-refractivity contribution in [1.29, 1.82) is 0 Å². The summed E-state index contributed by atoms with van der Waals surface area (Å²) in [6.45, 7) is -0.361. The Morgan fingerprint density at radius 2 is 0.750 bits per heavy atom. The molecule has 18 nitrogen and oxygen atoms in total. The highest BCUT2D eigenvalue weighted by atomic mass is 17.2. The van der Waals surface area contributed by atoms with Gasteiger partial charge >= 0.3 is 36.4 Å². The average molecular weight is 731 g/mol. The summed E-state index contributed by atoms with van der Waals surface area (Å²) in [6.07, 6.45) is -4.17. The quantitative estimate of drug-likeness (QED) is 0.0857. The lowest BCUT2D eigenvalue weighted by atomic mass is 9.86. The van der Waals surface area contributed by atoms with Gasteiger partial charge in [-0.3, -0.25) is 0 Å². The first kappa shape index (κ1) is 39.7. The lowest BCUT2D eigenvalue weighted by Gasteiger charge is -2.30. The second-order valence-corrected chi connectivity index (χ2v) is 10.3. The van der Waals surface area contributed by atoms with Crippen LogP contribution in [-0.2, 0) is 43.5 Å². The SMILES string of the molecule is CCCC(COC(=O)OOC(=O)c1ccccc1OC)(COC(=O)OOC(=O)c1ccccc1OC)COC(=O)OOC(=O)c1ccccc1OC. The van der Waals surface area contributed by atoms with Gasteiger partial charge < -0.3 is 28.4 Å². The summed E-state index contributed by atoms with van der Waals surface area (Å²) in [6, 6.07) is 17.9. The summed E-state index contributed by atoms with van der Waals surface area (Å²) in [4.78, 5) is 102. The van der Waals surface area contributed by atoms with Crippen molar-refractivity contribution in [2.24, 2.45) is 5.41 Å². The molecule has 0 saturated carbocycles. The molecule has 0 aromatic heterocycles. The molecule has 0 heterocycles. The number of methoxy groups -OCH3 is 3. The number of benzene rings is 3. The summed E-state index contributed by atoms with van der Waals surface area (Å²) < 4.78 is 30.5. The van der Waals surface area contributed by atoms with E-state index in [9.17, 15) is 28.8 Å². The van der Waals surface area contributed by atoms with E-state index in [-0.39, 0.29) is 40.4 Å². The molecule has 0 radical (unpaired) electrons. The van der Waals surface area contributed by atoms with Gasteiger partial charge in [-0.1, -0.05) is 49.7 Å². The average Bonchev–Trinajstić information content (AvgIpc) is 3.18. The predicted octanol–water partition coefficient (Wildman–Crippen LogP) is 5.57. The van der Waals surface area contributed by atoms with Crippen LogP contribution in [0.4, 0.5) is 14.4 Å². The zero-order valence-electron chi connectivity index (χ0n) is 28.3. The van der Waals surface area contributed by atoms with E-state index in [1.165, 1.54) is 75.9 Å². The van der Waals surface area contributed by atoms with Crippen LogP contribution < -0.4 is 14.2 Å². The third-order valence-corrected chi connectivity index (χ3v) is 6.81. The largest absolute Gasteiger partial charge is 0.549 e. The van der Waals surface area contributed by atoms with Crippen LogP contribution in [0.5, 0.6) is 17.2 Å². The summed E-state index contributed by atoms with van der Waals surface area (Å²) in [5, 5.41) is 0. The van der Waals surface area contributed by atoms with Gasteiger partial charge in [0, 0.05) is 0 Å². The molecule has 3 aromatic carbocycles. The van der Waals surface area contributed by atoms with Crippen LogP contribution in [0.15, 0.2) is 72.8 Å². The Morgan fingerprint density at radius 1 is 0.462 bits per heavy atom. The minimum atomic E-state index is -1.56. The summed E-state index contributed by atoms with van der Waals surface area (Å²) in [5.74, 6) is -2.84. The fourth-order valence-electron chi connectivity index (χ4n) is 4.37. The van der Waals surface area contributed by atoms with Gasteiger partial charge in [0.1, 0.15) is 53.8 Å². The number of hydrogen-bond donors (Lipinski definition) is 0. The number of ether oxygens (including phenoxy) is 6. The summed E-state index contributed by atoms with van der Waals surface area (Å²) in [7, 11) is 3.96. The molecule has 0 aliphatic rings. The lowest BCUT2D eigenvalue weighted by molar-refractivity contribution is -0.217. The highest BCUT2D eigenvalue weighted by Crippen LogP contribution is 2.28. The number of para-hydroxylation sites is 3. The molecule has 0 N–H and O–H groups in total. The van der Waals surface area contributed by atoms with Crippen LogP contribution in [0.25, 0.3) is 0 Å². The van der Waals surface area contributed by atoms with Crippen LogP contribution in [0.3, 0.4) is 0 Å². The molecule has 0 atom stereocenters. The Labute approximate surface area is 296 Å². The first-order chi connectivity index (χ1) is 25.1. The van der Waals surface area contributed by atoms with E-state index >= 15 is 0 Å². The molecular formula is C34H34O18. The first-order valence-electron chi connectivity index (χ1n) is 15.1. The molecule has 278 valence electrons. The second-order valence-electron chi connectivity index (χ2n) is 10.3. The molecular weight excluding hydrogens is 696 g/mol. The van der Waals surface area contributed by atoms with Crippen LogP contribution >= 0.6 is 0 Å². The van der Waals surface area contributed by atoms with Crippen LogP contribution in [0.2, 0.25) is 0 Å². The molecule has 0 aliphatic carbocycles. The molecule has 0 aliphatic heterocycles. The smallest absolute Gasteiger partial charge is 0.496 e. The maximum atomic E-state index is 12.4. The van der Waals surface area contributed by atoms with E-state index in [4.69, 9.17) is 28.4 Å². The fraction of sp³-hybridized carbons (Fsp3) is 0.294. The standard InChI is InChI=1S/C34H34O18/c1-5-18-34(19-44-31(38)50-47-28(35)22-12-6-9-15-25(22)41-2,20-45-32(39)51-48-29(36)23-13-7-10-16-26(23)42-3)21-46-33(40)52-49-30(37)24-14-8-11-17-27(24)43-4/h6-17H,5,18-21H2,1-4H3. The van der Waals surface area contributed by atoms with Crippen LogP contribution in [-0.4, -0.2) is 77.5 Å². The van der Waals surface area contributed by atoms with Crippen molar-refractivity contribution in [3.8, 4) is 17.2 Å². The predicted molar refractivity (Wildman–Crippen MR) is 170 cm³/mol. The van der Waals surface area contributed by atoms with Crippen molar-refractivity contribution in [3.63, 3.8) is 0 Å². The zero-order chi connectivity index (χ0) is 37.9. The third-order valence-electron chi connectivity index (χ3n) is 6.81. The van der Waals surface area contributed by atoms with Gasteiger partial charge in [-0.25, -0.2) is 43.7 Å². The molecule has 3 aromatic rings. The highest BCUT2D eigenvalue weighted by molar-refractivity contribution is 5.93. The first-order valence-corrected chi connectivity index (χ1v) is 15.1. The lowest BCUT2D eigenvalue weighted by Crippen LogP contribution is -2.40. The van der Waals surface area contributed by atoms with E-state index in [1.807, 2.05) is 0 Å². The maximum Gasteiger partial charge on any atom is 0.549 e. The van der Waals surface area contributed by atoms with E-state index in [0.717, 1.165) is 0 Å². The van der Waals surface area contributed by atoms with E-state index in [2.05, 4.69) is 29.3 Å². The maximum absolute atomic E-state index is 12.4. The Morgan fingerprint density at radius 3 is 1.02 bits per heavy atom. The van der Waals surface area contributed by atoms with Crippen LogP contribution in [0.1, 0.15) is 50.8 Å². The summed E-state index contributed by atoms with van der Waals surface area (Å²) >= 11 is 0. The normalized spacial score (nSPS) is 10.4. The molecule has 18 heteroatoms. The van der Waals surface area contributed by atoms with E-state index in [1.54, 1.807) is 25.1 Å². The van der Waals surface area contributed by atoms with Gasteiger partial charge in [-0.05, 0) is 42.8 Å². The van der Waals surface area contributed by atoms with Gasteiger partial charge in [-0.2, -0.15) is 14.4 Å². The minimum Gasteiger partial charge on any atom is -0.496 e. The van der Waals surface area contributed by atoms with Crippen molar-refractivity contribution < 1.29 is 86.5 Å². The minimum absolute atomic E-state index is 0.0316. The van der Waals surface area contributed by atoms with Gasteiger partial charge in [0.2, 0.25) is 0 Å². The summed E-state index contributed by atoms with van der Waals surface area (Å²) in [5.41, 5.74) is -1.74. The number of hydrogen-bond acceptors (Lipinski definition) is 18. The van der Waals surface area contributed by atoms with Crippen molar-refractivity contribution in [2.75, 3.05) is 41.2 Å². The van der Waals surface area contributed by atoms with E-state index < -0.39 is 61.6 Å². The molecule has 0 spiro atoms. The van der Waals surface area contributed by atoms with Crippen molar-refractivity contribution in [3.05, 3.63) is 89.5 Å². The Hall–Kier alpha value is -6.72. The highest BCUT2D eigenvalue weighted by Gasteiger charge is 2.37. The Bertz CT molecular complexity index is 1510. The topological polar surface area (TPSA) is 213 Å². The van der Waals surface area contributed by atoms with Crippen molar-refractivity contribution >= 4 is 36.4 Å². The second kappa shape index (κ2) is 20.1. The zero-order valence-corrected chi connectivity index (χ0v) is 28.3. The van der Waals surface area contributed by atoms with Crippen molar-refractivity contribution in [2.45, 2.75) is 19.8 Å². The molecule has 0 fully saturated rings. The molecule has 0 amide bonds. The molecule has 0 unspecified atom stereocenters. The number of carbonyl (C=O) groups is 6. The van der Waals surface area contributed by atoms with Gasteiger partial charge in [0.25, 0.3) is 0 Å². The molecule has 0 saturated heterocycles. The Kier molecular flexibility index (Phi) is 15.3. The number of rotatable bonds is 14. The Balaban J connectivity index is 1.66. The monoisotopic (exact) mass is 730 g/mol. The third kappa shape index (κ3) is 11.7. The van der Waals surface area contributed by atoms with E-state index in [0.29, 0.717) is 6.42 Å². The number of carbonyl (C=O) groups excluding carboxylic acids is 6. The molecule has 52 heavy (non-hydrogen) atoms. The fourth-order valence-corrected chi connectivity index (χ4v) is 4.37. The molecule has 3 rings (SSSR count). The van der Waals surface area contributed by atoms with Crippen LogP contribution in [0, 0.1) is 5.41 Å². The van der Waals surface area contributed by atoms with Gasteiger partial charge in [0.05, 0.1) is 26.7 Å². The van der Waals surface area contributed by atoms with Gasteiger partial charge in [0.15, 0.2) is 0 Å².